The van der Waals surface area contributed by atoms with Crippen molar-refractivity contribution < 1.29 is 24.5 Å². The molecule has 0 bridgehead atoms. The molecule has 2 heterocycles. The molecule has 0 saturated carbocycles. The van der Waals surface area contributed by atoms with Crippen LogP contribution in [0.4, 0.5) is 4.39 Å². The molecule has 217 valence electrons. The zero-order chi connectivity index (χ0) is 29.4. The van der Waals surface area contributed by atoms with Crippen LogP contribution < -0.4 is 5.19 Å². The van der Waals surface area contributed by atoms with Crippen LogP contribution in [0.25, 0.3) is 33.6 Å². The third kappa shape index (κ3) is 8.74. The van der Waals surface area contributed by atoms with Crippen LogP contribution in [0, 0.1) is 17.9 Å². The van der Waals surface area contributed by atoms with Crippen molar-refractivity contribution in [1.29, 1.82) is 0 Å². The minimum atomic E-state index is -1.50. The molecule has 6 aromatic rings. The van der Waals surface area contributed by atoms with Crippen molar-refractivity contribution in [3.8, 4) is 33.6 Å². The monoisotopic (exact) mass is 757 g/mol. The van der Waals surface area contributed by atoms with Gasteiger partial charge in [0.25, 0.3) is 0 Å². The van der Waals surface area contributed by atoms with Crippen LogP contribution in [-0.2, 0) is 26.5 Å². The van der Waals surface area contributed by atoms with Gasteiger partial charge in [0.05, 0.1) is 8.07 Å². The van der Waals surface area contributed by atoms with Crippen LogP contribution >= 0.6 is 0 Å². The first kappa shape index (κ1) is 31.9. The van der Waals surface area contributed by atoms with Gasteiger partial charge in [0, 0.05) is 38.3 Å². The number of pyridine rings is 2. The van der Waals surface area contributed by atoms with Crippen LogP contribution in [0.2, 0.25) is 19.6 Å². The van der Waals surface area contributed by atoms with E-state index in [1.165, 1.54) is 39.6 Å². The Hall–Kier alpha value is -4.02. The molecule has 0 spiro atoms. The molecule has 4 aromatic carbocycles. The van der Waals surface area contributed by atoms with Crippen LogP contribution in [-0.4, -0.2) is 18.0 Å². The SMILES string of the molecule is C[Si](C)(C)c1cnc(-c2[c-]cc(F)cc2)cc1Cc1ccccc1.[Ir].[c-]1ccccc1-c1cc(-c2ccccc2)ccn1. The Bertz CT molecular complexity index is 1670. The van der Waals surface area contributed by atoms with Crippen molar-refractivity contribution in [3.05, 3.63) is 163 Å². The fraction of sp³-hybridized carbons (Fsp3) is 0.105. The second kappa shape index (κ2) is 14.9. The average Bonchev–Trinajstić information content (AvgIpc) is 3.03. The number of aromatic nitrogens is 2. The van der Waals surface area contributed by atoms with Gasteiger partial charge in [-0.2, -0.15) is 0 Å². The Labute approximate surface area is 269 Å². The Morgan fingerprint density at radius 1 is 0.674 bits per heavy atom. The number of rotatable bonds is 6. The largest absolute Gasteiger partial charge is 0.305 e. The molecule has 0 aliphatic carbocycles. The Morgan fingerprint density at radius 2 is 1.35 bits per heavy atom. The molecule has 0 aliphatic heterocycles. The number of halogens is 1. The summed E-state index contributed by atoms with van der Waals surface area (Å²) in [7, 11) is -1.50. The van der Waals surface area contributed by atoms with Crippen LogP contribution in [0.5, 0.6) is 0 Å². The van der Waals surface area contributed by atoms with Crippen molar-refractivity contribution in [1.82, 2.24) is 9.97 Å². The zero-order valence-electron chi connectivity index (χ0n) is 24.5. The second-order valence-electron chi connectivity index (χ2n) is 11.1. The van der Waals surface area contributed by atoms with Crippen molar-refractivity contribution in [3.63, 3.8) is 0 Å². The summed E-state index contributed by atoms with van der Waals surface area (Å²) in [5, 5.41) is 1.37. The van der Waals surface area contributed by atoms with Crippen LogP contribution in [0.1, 0.15) is 11.1 Å². The number of hydrogen-bond donors (Lipinski definition) is 0. The minimum absolute atomic E-state index is 0. The average molecular weight is 757 g/mol. The van der Waals surface area contributed by atoms with Gasteiger partial charge in [-0.05, 0) is 45.8 Å². The van der Waals surface area contributed by atoms with E-state index < -0.39 is 8.07 Å². The normalized spacial score (nSPS) is 10.7. The predicted molar refractivity (Wildman–Crippen MR) is 175 cm³/mol. The first-order valence-corrected chi connectivity index (χ1v) is 17.6. The number of nitrogens with zero attached hydrogens (tertiary/aromatic N) is 2. The van der Waals surface area contributed by atoms with E-state index in [1.54, 1.807) is 6.07 Å². The zero-order valence-corrected chi connectivity index (χ0v) is 27.9. The minimum Gasteiger partial charge on any atom is -0.305 e. The summed E-state index contributed by atoms with van der Waals surface area (Å²) < 4.78 is 13.1. The smallest absolute Gasteiger partial charge is 0.0799 e. The van der Waals surface area contributed by atoms with Gasteiger partial charge in [-0.1, -0.05) is 98.0 Å². The first-order valence-electron chi connectivity index (χ1n) is 14.1. The van der Waals surface area contributed by atoms with E-state index in [0.717, 1.165) is 28.9 Å². The molecule has 0 N–H and O–H groups in total. The third-order valence-corrected chi connectivity index (χ3v) is 9.00. The molecule has 1 radical (unpaired) electrons. The summed E-state index contributed by atoms with van der Waals surface area (Å²) in [4.78, 5) is 9.03. The van der Waals surface area contributed by atoms with E-state index in [2.05, 4.69) is 90.3 Å². The summed E-state index contributed by atoms with van der Waals surface area (Å²) >= 11 is 0. The molecule has 0 unspecified atom stereocenters. The molecule has 0 atom stereocenters. The molecular formula is C38H33FIrN2Si-2. The molecule has 2 nitrogen and oxygen atoms in total. The van der Waals surface area contributed by atoms with Crippen molar-refractivity contribution in [2.24, 2.45) is 0 Å². The fourth-order valence-electron chi connectivity index (χ4n) is 4.79. The van der Waals surface area contributed by atoms with Gasteiger partial charge >= 0.3 is 0 Å². The summed E-state index contributed by atoms with van der Waals surface area (Å²) in [6, 6.07) is 45.7. The van der Waals surface area contributed by atoms with Gasteiger partial charge in [-0.25, -0.2) is 0 Å². The number of benzene rings is 4. The molecule has 43 heavy (non-hydrogen) atoms. The maximum atomic E-state index is 13.1. The van der Waals surface area contributed by atoms with Gasteiger partial charge in [0.1, 0.15) is 0 Å². The van der Waals surface area contributed by atoms with Gasteiger partial charge < -0.3 is 9.97 Å². The first-order chi connectivity index (χ1) is 20.4. The van der Waals surface area contributed by atoms with Gasteiger partial charge in [-0.3, -0.25) is 4.39 Å². The van der Waals surface area contributed by atoms with Crippen molar-refractivity contribution >= 4 is 13.3 Å². The molecule has 0 amide bonds. The third-order valence-electron chi connectivity index (χ3n) is 6.94. The van der Waals surface area contributed by atoms with E-state index in [1.807, 2.05) is 67.0 Å². The van der Waals surface area contributed by atoms with Crippen LogP contribution in [0.3, 0.4) is 0 Å². The van der Waals surface area contributed by atoms with E-state index in [-0.39, 0.29) is 25.9 Å². The summed E-state index contributed by atoms with van der Waals surface area (Å²) in [5.41, 5.74) is 8.64. The molecule has 5 heteroatoms. The van der Waals surface area contributed by atoms with E-state index >= 15 is 0 Å². The van der Waals surface area contributed by atoms with Gasteiger partial charge in [0.2, 0.25) is 0 Å². The molecule has 2 aromatic heterocycles. The van der Waals surface area contributed by atoms with Gasteiger partial charge in [-0.15, -0.1) is 65.7 Å². The molecule has 0 aliphatic rings. The van der Waals surface area contributed by atoms with E-state index in [0.29, 0.717) is 0 Å². The molecular weight excluding hydrogens is 724 g/mol. The second-order valence-corrected chi connectivity index (χ2v) is 16.2. The quantitative estimate of drug-likeness (QED) is 0.125. The Balaban J connectivity index is 0.000000199. The topological polar surface area (TPSA) is 25.8 Å². The fourth-order valence-corrected chi connectivity index (χ4v) is 6.36. The standard InChI is InChI=1S/C21H21FNSi.C17H12N.Ir/c1-24(2,3)21-15-23-20(17-9-11-19(22)12-10-17)14-18(21)13-16-7-5-4-6-8-16;1-3-7-14(8-4-1)16-11-12-18-17(13-16)15-9-5-2-6-10-15;/h4-9,11-12,14-15H,13H2,1-3H3;1-9,11-13H;/q2*-1;. The van der Waals surface area contributed by atoms with Crippen molar-refractivity contribution in [2.75, 3.05) is 0 Å². The van der Waals surface area contributed by atoms with E-state index in [4.69, 9.17) is 0 Å². The Kier molecular flexibility index (Phi) is 11.1. The summed E-state index contributed by atoms with van der Waals surface area (Å²) in [6.45, 7) is 7.01. The molecule has 0 fully saturated rings. The van der Waals surface area contributed by atoms with Crippen molar-refractivity contribution in [2.45, 2.75) is 26.1 Å². The molecule has 0 saturated heterocycles. The maximum Gasteiger partial charge on any atom is 0.0799 e. The number of hydrogen-bond acceptors (Lipinski definition) is 2. The van der Waals surface area contributed by atoms with Gasteiger partial charge in [0.15, 0.2) is 0 Å². The Morgan fingerprint density at radius 3 is 2.00 bits per heavy atom. The maximum absolute atomic E-state index is 13.1. The van der Waals surface area contributed by atoms with Crippen LogP contribution in [0.15, 0.2) is 134 Å². The molecule has 6 rings (SSSR count). The summed E-state index contributed by atoms with van der Waals surface area (Å²) in [5.74, 6) is -0.276. The summed E-state index contributed by atoms with van der Waals surface area (Å²) in [6.07, 6.45) is 4.74. The van der Waals surface area contributed by atoms with E-state index in [9.17, 15) is 4.39 Å². The predicted octanol–water partition coefficient (Wildman–Crippen LogP) is 9.04.